The summed E-state index contributed by atoms with van der Waals surface area (Å²) in [6.07, 6.45) is 0.313. The summed E-state index contributed by atoms with van der Waals surface area (Å²) in [6, 6.07) is 6.07. The quantitative estimate of drug-likeness (QED) is 0.706. The van der Waals surface area contributed by atoms with Crippen LogP contribution in [0.5, 0.6) is 0 Å². The third-order valence-electron chi connectivity index (χ3n) is 4.49. The van der Waals surface area contributed by atoms with Crippen molar-refractivity contribution in [1.29, 1.82) is 0 Å². The van der Waals surface area contributed by atoms with E-state index in [0.29, 0.717) is 19.6 Å². The van der Waals surface area contributed by atoms with Crippen molar-refractivity contribution in [1.82, 2.24) is 0 Å². The molecule has 3 rings (SSSR count). The number of nitrogens with two attached hydrogens (primary N) is 1. The highest BCUT2D eigenvalue weighted by Crippen LogP contribution is 2.32. The molecule has 0 saturated carbocycles. The lowest BCUT2D eigenvalue weighted by atomic mass is 10.1. The van der Waals surface area contributed by atoms with Crippen molar-refractivity contribution in [3.8, 4) is 0 Å². The van der Waals surface area contributed by atoms with Crippen LogP contribution < -0.4 is 20.9 Å². The SMILES string of the molecule is CC(N)CC(=O)Nc1ccc(N2CCOCC2)cc1N1CCOCC1.Cl.Cl.Cl. The van der Waals surface area contributed by atoms with E-state index in [2.05, 4.69) is 27.2 Å². The predicted molar refractivity (Wildman–Crippen MR) is 121 cm³/mol. The number of carbonyl (C=O) groups is 1. The maximum absolute atomic E-state index is 12.2. The van der Waals surface area contributed by atoms with Crippen LogP contribution in [0.3, 0.4) is 0 Å². The number of hydrogen-bond acceptors (Lipinski definition) is 6. The Labute approximate surface area is 185 Å². The fourth-order valence-corrected chi connectivity index (χ4v) is 3.20. The first-order chi connectivity index (χ1) is 12.1. The summed E-state index contributed by atoms with van der Waals surface area (Å²) in [5, 5.41) is 3.02. The van der Waals surface area contributed by atoms with E-state index in [1.54, 1.807) is 0 Å². The third kappa shape index (κ3) is 7.46. The fourth-order valence-electron chi connectivity index (χ4n) is 3.20. The van der Waals surface area contributed by atoms with E-state index in [1.807, 2.05) is 13.0 Å². The molecule has 1 atom stereocenters. The first kappa shape index (κ1) is 27.0. The van der Waals surface area contributed by atoms with Gasteiger partial charge in [0.05, 0.1) is 37.8 Å². The lowest BCUT2D eigenvalue weighted by Gasteiger charge is -2.33. The van der Waals surface area contributed by atoms with Gasteiger partial charge in [-0.15, -0.1) is 37.2 Å². The van der Waals surface area contributed by atoms with Crippen LogP contribution in [-0.4, -0.2) is 64.6 Å². The summed E-state index contributed by atoms with van der Waals surface area (Å²) in [5.74, 6) is -0.0522. The second kappa shape index (κ2) is 13.3. The molecule has 2 saturated heterocycles. The molecular formula is C18H31Cl3N4O3. The van der Waals surface area contributed by atoms with Crippen molar-refractivity contribution < 1.29 is 14.3 Å². The van der Waals surface area contributed by atoms with Crippen molar-refractivity contribution in [3.05, 3.63) is 18.2 Å². The van der Waals surface area contributed by atoms with Gasteiger partial charge in [-0.25, -0.2) is 0 Å². The van der Waals surface area contributed by atoms with E-state index in [4.69, 9.17) is 15.2 Å². The average Bonchev–Trinajstić information content (AvgIpc) is 2.63. The normalized spacial score (nSPS) is 17.5. The average molecular weight is 458 g/mol. The van der Waals surface area contributed by atoms with Crippen molar-refractivity contribution in [3.63, 3.8) is 0 Å². The molecule has 1 amide bonds. The van der Waals surface area contributed by atoms with Gasteiger partial charge >= 0.3 is 0 Å². The molecule has 0 radical (unpaired) electrons. The molecule has 2 fully saturated rings. The van der Waals surface area contributed by atoms with Gasteiger partial charge in [-0.05, 0) is 25.1 Å². The van der Waals surface area contributed by atoms with E-state index in [1.165, 1.54) is 0 Å². The molecule has 0 aromatic heterocycles. The second-order valence-corrected chi connectivity index (χ2v) is 6.63. The Morgan fingerprint density at radius 3 is 2.11 bits per heavy atom. The number of ether oxygens (including phenoxy) is 2. The van der Waals surface area contributed by atoms with Crippen LogP contribution in [-0.2, 0) is 14.3 Å². The zero-order valence-corrected chi connectivity index (χ0v) is 18.5. The Hall–Kier alpha value is -0.960. The number of halogens is 3. The van der Waals surface area contributed by atoms with Gasteiger partial charge in [-0.3, -0.25) is 4.79 Å². The van der Waals surface area contributed by atoms with Gasteiger partial charge < -0.3 is 30.3 Å². The first-order valence-corrected chi connectivity index (χ1v) is 8.98. The molecule has 7 nitrogen and oxygen atoms in total. The van der Waals surface area contributed by atoms with Gasteiger partial charge in [-0.1, -0.05) is 0 Å². The molecule has 1 aromatic carbocycles. The monoisotopic (exact) mass is 456 g/mol. The Bertz CT molecular complexity index is 595. The number of amides is 1. The topological polar surface area (TPSA) is 80.1 Å². The Balaban J connectivity index is 0.00000243. The zero-order chi connectivity index (χ0) is 17.6. The molecule has 10 heteroatoms. The van der Waals surface area contributed by atoms with Crippen LogP contribution in [0, 0.1) is 0 Å². The molecule has 28 heavy (non-hydrogen) atoms. The lowest BCUT2D eigenvalue weighted by molar-refractivity contribution is -0.116. The summed E-state index contributed by atoms with van der Waals surface area (Å²) in [6.45, 7) is 8.16. The van der Waals surface area contributed by atoms with Crippen LogP contribution >= 0.6 is 37.2 Å². The molecule has 1 unspecified atom stereocenters. The minimum atomic E-state index is -0.153. The number of hydrogen-bond donors (Lipinski definition) is 2. The van der Waals surface area contributed by atoms with E-state index in [9.17, 15) is 4.79 Å². The highest BCUT2D eigenvalue weighted by Gasteiger charge is 2.19. The van der Waals surface area contributed by atoms with Crippen LogP contribution in [0.25, 0.3) is 0 Å². The molecule has 2 heterocycles. The smallest absolute Gasteiger partial charge is 0.225 e. The fraction of sp³-hybridized carbons (Fsp3) is 0.611. The molecule has 0 bridgehead atoms. The maximum Gasteiger partial charge on any atom is 0.225 e. The molecular weight excluding hydrogens is 427 g/mol. The predicted octanol–water partition coefficient (Wildman–Crippen LogP) is 2.30. The summed E-state index contributed by atoms with van der Waals surface area (Å²) < 4.78 is 10.9. The first-order valence-electron chi connectivity index (χ1n) is 8.98. The molecule has 3 N–H and O–H groups in total. The van der Waals surface area contributed by atoms with Crippen molar-refractivity contribution in [2.24, 2.45) is 5.73 Å². The number of nitrogens with zero attached hydrogens (tertiary/aromatic N) is 2. The Morgan fingerprint density at radius 1 is 1.04 bits per heavy atom. The van der Waals surface area contributed by atoms with Crippen molar-refractivity contribution in [2.75, 3.05) is 67.7 Å². The van der Waals surface area contributed by atoms with Crippen LogP contribution in [0.4, 0.5) is 17.1 Å². The summed E-state index contributed by atoms with van der Waals surface area (Å²) >= 11 is 0. The minimum absolute atomic E-state index is 0. The van der Waals surface area contributed by atoms with Crippen LogP contribution in [0.15, 0.2) is 18.2 Å². The van der Waals surface area contributed by atoms with Crippen molar-refractivity contribution in [2.45, 2.75) is 19.4 Å². The van der Waals surface area contributed by atoms with E-state index in [0.717, 1.165) is 56.5 Å². The number of anilines is 3. The molecule has 0 spiro atoms. The highest BCUT2D eigenvalue weighted by molar-refractivity contribution is 5.95. The summed E-state index contributed by atoms with van der Waals surface area (Å²) in [5.41, 5.74) is 8.79. The number of benzene rings is 1. The zero-order valence-electron chi connectivity index (χ0n) is 16.1. The number of rotatable bonds is 5. The number of nitrogens with one attached hydrogen (secondary N) is 1. The standard InChI is InChI=1S/C18H28N4O3.3ClH/c1-14(19)12-18(23)20-16-3-2-15(21-4-8-24-9-5-21)13-17(16)22-6-10-25-11-7-22;;;/h2-3,13-14H,4-12,19H2,1H3,(H,20,23);3*1H. The van der Waals surface area contributed by atoms with Gasteiger partial charge in [0.2, 0.25) is 5.91 Å². The minimum Gasteiger partial charge on any atom is -0.378 e. The van der Waals surface area contributed by atoms with Crippen LogP contribution in [0.1, 0.15) is 13.3 Å². The van der Waals surface area contributed by atoms with Crippen LogP contribution in [0.2, 0.25) is 0 Å². The van der Waals surface area contributed by atoms with Gasteiger partial charge in [0.15, 0.2) is 0 Å². The lowest BCUT2D eigenvalue weighted by Crippen LogP contribution is -2.38. The Morgan fingerprint density at radius 2 is 1.57 bits per heavy atom. The second-order valence-electron chi connectivity index (χ2n) is 6.63. The molecule has 1 aromatic rings. The number of morpholine rings is 2. The molecule has 162 valence electrons. The Kier molecular flexibility index (Phi) is 12.8. The van der Waals surface area contributed by atoms with E-state index >= 15 is 0 Å². The maximum atomic E-state index is 12.2. The van der Waals surface area contributed by atoms with Gasteiger partial charge in [0, 0.05) is 44.3 Å². The van der Waals surface area contributed by atoms with Gasteiger partial charge in [-0.2, -0.15) is 0 Å². The third-order valence-corrected chi connectivity index (χ3v) is 4.49. The van der Waals surface area contributed by atoms with Gasteiger partial charge in [0.1, 0.15) is 0 Å². The molecule has 0 aliphatic carbocycles. The van der Waals surface area contributed by atoms with Crippen molar-refractivity contribution >= 4 is 60.2 Å². The largest absolute Gasteiger partial charge is 0.378 e. The highest BCUT2D eigenvalue weighted by atomic mass is 35.5. The molecule has 2 aliphatic rings. The summed E-state index contributed by atoms with van der Waals surface area (Å²) in [7, 11) is 0. The van der Waals surface area contributed by atoms with Gasteiger partial charge in [0.25, 0.3) is 0 Å². The number of carbonyl (C=O) groups excluding carboxylic acids is 1. The van der Waals surface area contributed by atoms with E-state index in [-0.39, 0.29) is 49.2 Å². The summed E-state index contributed by atoms with van der Waals surface area (Å²) in [4.78, 5) is 16.8. The molecule has 2 aliphatic heterocycles. The van der Waals surface area contributed by atoms with E-state index < -0.39 is 0 Å².